The third-order valence-electron chi connectivity index (χ3n) is 4.20. The number of methoxy groups -OCH3 is 1. The molecular formula is C17H25N3O4. The summed E-state index contributed by atoms with van der Waals surface area (Å²) in [7, 11) is 1.52. The van der Waals surface area contributed by atoms with Gasteiger partial charge in [0.1, 0.15) is 5.75 Å². The number of ether oxygens (including phenoxy) is 2. The molecule has 1 aromatic rings. The molecular weight excluding hydrogens is 310 g/mol. The van der Waals surface area contributed by atoms with Crippen LogP contribution in [0.4, 0.5) is 5.69 Å². The van der Waals surface area contributed by atoms with Crippen LogP contribution in [-0.2, 0) is 9.53 Å². The molecule has 0 aliphatic carbocycles. The molecule has 2 atom stereocenters. The van der Waals surface area contributed by atoms with E-state index in [1.54, 1.807) is 36.9 Å². The Bertz CT molecular complexity index is 597. The van der Waals surface area contributed by atoms with Gasteiger partial charge in [0.2, 0.25) is 5.91 Å². The molecule has 3 N–H and O–H groups in total. The maximum absolute atomic E-state index is 12.6. The molecule has 0 spiro atoms. The highest BCUT2D eigenvalue weighted by molar-refractivity contribution is 5.99. The van der Waals surface area contributed by atoms with Gasteiger partial charge in [0, 0.05) is 24.7 Å². The lowest BCUT2D eigenvalue weighted by molar-refractivity contribution is -0.119. The molecule has 132 valence electrons. The lowest BCUT2D eigenvalue weighted by Crippen LogP contribution is -2.40. The van der Waals surface area contributed by atoms with Crippen molar-refractivity contribution in [2.75, 3.05) is 38.7 Å². The average molecular weight is 335 g/mol. The third-order valence-corrected chi connectivity index (χ3v) is 4.20. The van der Waals surface area contributed by atoms with Crippen molar-refractivity contribution in [3.05, 3.63) is 23.8 Å². The van der Waals surface area contributed by atoms with Gasteiger partial charge >= 0.3 is 0 Å². The van der Waals surface area contributed by atoms with Gasteiger partial charge in [-0.3, -0.25) is 9.59 Å². The highest BCUT2D eigenvalue weighted by Crippen LogP contribution is 2.27. The summed E-state index contributed by atoms with van der Waals surface area (Å²) in [4.78, 5) is 26.6. The van der Waals surface area contributed by atoms with E-state index in [-0.39, 0.29) is 23.8 Å². The first-order valence-electron chi connectivity index (χ1n) is 8.05. The lowest BCUT2D eigenvalue weighted by Gasteiger charge is -2.27. The Labute approximate surface area is 142 Å². The molecule has 2 unspecified atom stereocenters. The first-order valence-corrected chi connectivity index (χ1v) is 8.05. The van der Waals surface area contributed by atoms with Crippen molar-refractivity contribution in [2.24, 2.45) is 11.7 Å². The Hall–Kier alpha value is -2.12. The number of nitrogens with zero attached hydrogens (tertiary/aromatic N) is 1. The fourth-order valence-corrected chi connectivity index (χ4v) is 2.37. The van der Waals surface area contributed by atoms with Crippen LogP contribution in [0.1, 0.15) is 24.2 Å². The maximum atomic E-state index is 12.6. The van der Waals surface area contributed by atoms with Gasteiger partial charge in [-0.15, -0.1) is 0 Å². The van der Waals surface area contributed by atoms with E-state index in [0.717, 1.165) is 0 Å². The number of carbonyl (C=O) groups excluding carboxylic acids is 2. The minimum Gasteiger partial charge on any atom is -0.495 e. The normalized spacial score (nSPS) is 17.1. The zero-order valence-electron chi connectivity index (χ0n) is 14.4. The largest absolute Gasteiger partial charge is 0.495 e. The number of nitrogens with two attached hydrogens (primary N) is 1. The van der Waals surface area contributed by atoms with Gasteiger partial charge in [-0.1, -0.05) is 6.92 Å². The lowest BCUT2D eigenvalue weighted by atomic mass is 10.0. The van der Waals surface area contributed by atoms with Crippen LogP contribution in [-0.4, -0.2) is 56.2 Å². The number of nitrogens with one attached hydrogen (secondary N) is 1. The fraction of sp³-hybridized carbons (Fsp3) is 0.529. The van der Waals surface area contributed by atoms with Gasteiger partial charge in [0.25, 0.3) is 5.91 Å². The smallest absolute Gasteiger partial charge is 0.254 e. The number of rotatable bonds is 5. The Morgan fingerprint density at radius 3 is 2.54 bits per heavy atom. The Morgan fingerprint density at radius 2 is 1.96 bits per heavy atom. The summed E-state index contributed by atoms with van der Waals surface area (Å²) in [6.45, 7) is 5.74. The molecule has 1 aromatic carbocycles. The van der Waals surface area contributed by atoms with E-state index in [2.05, 4.69) is 5.32 Å². The molecule has 2 amide bonds. The minimum atomic E-state index is -0.353. The van der Waals surface area contributed by atoms with Crippen LogP contribution < -0.4 is 15.8 Å². The number of hydrogen-bond donors (Lipinski definition) is 2. The zero-order valence-corrected chi connectivity index (χ0v) is 14.4. The SMILES string of the molecule is COc1ccc(C(=O)N2CCOCC2)cc1NC(=O)C(C)C(C)N. The second-order valence-electron chi connectivity index (χ2n) is 5.96. The Morgan fingerprint density at radius 1 is 1.29 bits per heavy atom. The van der Waals surface area contributed by atoms with Crippen molar-refractivity contribution in [3.8, 4) is 5.75 Å². The van der Waals surface area contributed by atoms with Crippen LogP contribution in [0, 0.1) is 5.92 Å². The summed E-state index contributed by atoms with van der Waals surface area (Å²) in [6.07, 6.45) is 0. The highest BCUT2D eigenvalue weighted by Gasteiger charge is 2.22. The molecule has 1 aliphatic rings. The first kappa shape index (κ1) is 18.2. The summed E-state index contributed by atoms with van der Waals surface area (Å²) in [5.41, 5.74) is 6.74. The van der Waals surface area contributed by atoms with Gasteiger partial charge in [-0.25, -0.2) is 0 Å². The van der Waals surface area contributed by atoms with E-state index in [1.807, 2.05) is 0 Å². The molecule has 7 heteroatoms. The zero-order chi connectivity index (χ0) is 17.7. The predicted octanol–water partition coefficient (Wildman–Crippen LogP) is 1.09. The molecule has 0 bridgehead atoms. The van der Waals surface area contributed by atoms with Crippen molar-refractivity contribution in [1.82, 2.24) is 4.90 Å². The first-order chi connectivity index (χ1) is 11.4. The molecule has 1 fully saturated rings. The van der Waals surface area contributed by atoms with Crippen LogP contribution in [0.3, 0.4) is 0 Å². The van der Waals surface area contributed by atoms with Crippen LogP contribution >= 0.6 is 0 Å². The van der Waals surface area contributed by atoms with Crippen LogP contribution in [0.5, 0.6) is 5.75 Å². The van der Waals surface area contributed by atoms with E-state index in [9.17, 15) is 9.59 Å². The Kier molecular flexibility index (Phi) is 6.16. The van der Waals surface area contributed by atoms with E-state index < -0.39 is 0 Å². The van der Waals surface area contributed by atoms with Crippen molar-refractivity contribution in [2.45, 2.75) is 19.9 Å². The third kappa shape index (κ3) is 4.24. The van der Waals surface area contributed by atoms with E-state index in [4.69, 9.17) is 15.2 Å². The number of amides is 2. The quantitative estimate of drug-likeness (QED) is 0.840. The van der Waals surface area contributed by atoms with Gasteiger partial charge < -0.3 is 25.4 Å². The van der Waals surface area contributed by atoms with Gasteiger partial charge in [0.05, 0.1) is 31.9 Å². The predicted molar refractivity (Wildman–Crippen MR) is 91.2 cm³/mol. The van der Waals surface area contributed by atoms with Gasteiger partial charge in [-0.2, -0.15) is 0 Å². The van der Waals surface area contributed by atoms with E-state index in [1.165, 1.54) is 7.11 Å². The second-order valence-corrected chi connectivity index (χ2v) is 5.96. The van der Waals surface area contributed by atoms with Crippen molar-refractivity contribution < 1.29 is 19.1 Å². The molecule has 0 radical (unpaired) electrons. The van der Waals surface area contributed by atoms with Crippen molar-refractivity contribution in [1.29, 1.82) is 0 Å². The van der Waals surface area contributed by atoms with E-state index >= 15 is 0 Å². The summed E-state index contributed by atoms with van der Waals surface area (Å²) >= 11 is 0. The summed E-state index contributed by atoms with van der Waals surface area (Å²) in [5, 5.41) is 2.80. The Balaban J connectivity index is 2.20. The number of anilines is 1. The summed E-state index contributed by atoms with van der Waals surface area (Å²) < 4.78 is 10.5. The molecule has 2 rings (SSSR count). The van der Waals surface area contributed by atoms with E-state index in [0.29, 0.717) is 43.3 Å². The second kappa shape index (κ2) is 8.12. The number of morpholine rings is 1. The van der Waals surface area contributed by atoms with Crippen LogP contribution in [0.25, 0.3) is 0 Å². The molecule has 0 saturated carbocycles. The molecule has 1 heterocycles. The van der Waals surface area contributed by atoms with Crippen LogP contribution in [0.2, 0.25) is 0 Å². The maximum Gasteiger partial charge on any atom is 0.254 e. The standard InChI is InChI=1S/C17H25N3O4/c1-11(12(2)18)16(21)19-14-10-13(4-5-15(14)23-3)17(22)20-6-8-24-9-7-20/h4-5,10-12H,6-9,18H2,1-3H3,(H,19,21). The number of carbonyl (C=O) groups is 2. The van der Waals surface area contributed by atoms with Gasteiger partial charge in [0.15, 0.2) is 0 Å². The topological polar surface area (TPSA) is 93.9 Å². The average Bonchev–Trinajstić information content (AvgIpc) is 2.60. The highest BCUT2D eigenvalue weighted by atomic mass is 16.5. The van der Waals surface area contributed by atoms with Crippen LogP contribution in [0.15, 0.2) is 18.2 Å². The monoisotopic (exact) mass is 335 g/mol. The molecule has 1 saturated heterocycles. The molecule has 0 aromatic heterocycles. The van der Waals surface area contributed by atoms with Crippen molar-refractivity contribution in [3.63, 3.8) is 0 Å². The minimum absolute atomic E-state index is 0.0864. The molecule has 7 nitrogen and oxygen atoms in total. The summed E-state index contributed by atoms with van der Waals surface area (Å²) in [6, 6.07) is 4.75. The molecule has 1 aliphatic heterocycles. The molecule has 24 heavy (non-hydrogen) atoms. The summed E-state index contributed by atoms with van der Waals surface area (Å²) in [5.74, 6) is -0.150. The fourth-order valence-electron chi connectivity index (χ4n) is 2.37. The van der Waals surface area contributed by atoms with Gasteiger partial charge in [-0.05, 0) is 25.1 Å². The van der Waals surface area contributed by atoms with Crippen molar-refractivity contribution >= 4 is 17.5 Å². The number of hydrogen-bond acceptors (Lipinski definition) is 5. The number of benzene rings is 1.